The van der Waals surface area contributed by atoms with Crippen LogP contribution in [0.3, 0.4) is 0 Å². The topological polar surface area (TPSA) is 24.9 Å². The van der Waals surface area contributed by atoms with E-state index in [0.29, 0.717) is 17.6 Å². The summed E-state index contributed by atoms with van der Waals surface area (Å²) in [6.45, 7) is 2.84. The normalized spacial score (nSPS) is 12.5. The monoisotopic (exact) mass is 230 g/mol. The highest BCUT2D eigenvalue weighted by atomic mass is 35.5. The zero-order valence-electron chi connectivity index (χ0n) is 8.84. The Morgan fingerprint density at radius 2 is 2.40 bits per heavy atom. The third-order valence-electron chi connectivity index (χ3n) is 2.19. The Kier molecular flexibility index (Phi) is 5.40. The molecular weight excluding hydrogens is 215 g/mol. The maximum absolute atomic E-state index is 13.1. The van der Waals surface area contributed by atoms with E-state index in [4.69, 9.17) is 11.6 Å². The fourth-order valence-corrected chi connectivity index (χ4v) is 1.40. The van der Waals surface area contributed by atoms with Crippen molar-refractivity contribution in [2.24, 2.45) is 5.92 Å². The minimum Gasteiger partial charge on any atom is -0.368 e. The van der Waals surface area contributed by atoms with Crippen molar-refractivity contribution >= 4 is 17.4 Å². The van der Waals surface area contributed by atoms with Crippen molar-refractivity contribution in [3.8, 4) is 0 Å². The standard InChI is InChI=1S/C11H16ClFN2/c1-9(8-12)4-2-6-14-11-10(13)5-3-7-15-11/h3,5,7,9H,2,4,6,8H2,1H3,(H,14,15). The van der Waals surface area contributed by atoms with Crippen molar-refractivity contribution in [1.29, 1.82) is 0 Å². The number of hydrogen-bond donors (Lipinski definition) is 1. The molecule has 2 nitrogen and oxygen atoms in total. The first-order chi connectivity index (χ1) is 7.24. The van der Waals surface area contributed by atoms with E-state index in [1.54, 1.807) is 12.3 Å². The molecule has 0 fully saturated rings. The van der Waals surface area contributed by atoms with Crippen LogP contribution in [-0.2, 0) is 0 Å². The molecule has 0 aliphatic carbocycles. The first kappa shape index (κ1) is 12.2. The van der Waals surface area contributed by atoms with Gasteiger partial charge in [-0.2, -0.15) is 0 Å². The zero-order valence-corrected chi connectivity index (χ0v) is 9.60. The van der Waals surface area contributed by atoms with Crippen LogP contribution < -0.4 is 5.32 Å². The van der Waals surface area contributed by atoms with Crippen molar-refractivity contribution < 1.29 is 4.39 Å². The van der Waals surface area contributed by atoms with Crippen molar-refractivity contribution in [1.82, 2.24) is 4.98 Å². The van der Waals surface area contributed by atoms with Crippen LogP contribution in [-0.4, -0.2) is 17.4 Å². The smallest absolute Gasteiger partial charge is 0.165 e. The lowest BCUT2D eigenvalue weighted by atomic mass is 10.1. The van der Waals surface area contributed by atoms with E-state index in [1.807, 2.05) is 0 Å². The van der Waals surface area contributed by atoms with E-state index in [9.17, 15) is 4.39 Å². The van der Waals surface area contributed by atoms with Crippen LogP contribution in [0.15, 0.2) is 18.3 Å². The molecule has 0 spiro atoms. The summed E-state index contributed by atoms with van der Waals surface area (Å²) >= 11 is 5.68. The third-order valence-corrected chi connectivity index (χ3v) is 2.71. The van der Waals surface area contributed by atoms with Gasteiger partial charge < -0.3 is 5.32 Å². The van der Waals surface area contributed by atoms with E-state index >= 15 is 0 Å². The molecule has 4 heteroatoms. The van der Waals surface area contributed by atoms with Crippen LogP contribution in [0.1, 0.15) is 19.8 Å². The molecule has 0 radical (unpaired) electrons. The minimum absolute atomic E-state index is 0.303. The van der Waals surface area contributed by atoms with E-state index in [1.165, 1.54) is 6.07 Å². The van der Waals surface area contributed by atoms with Crippen LogP contribution in [0.25, 0.3) is 0 Å². The molecule has 1 rings (SSSR count). The number of rotatable bonds is 6. The molecule has 0 aliphatic heterocycles. The minimum atomic E-state index is -0.303. The van der Waals surface area contributed by atoms with Gasteiger partial charge in [0.2, 0.25) is 0 Å². The molecule has 84 valence electrons. The fraction of sp³-hybridized carbons (Fsp3) is 0.545. The molecular formula is C11H16ClFN2. The van der Waals surface area contributed by atoms with Crippen LogP contribution in [0.2, 0.25) is 0 Å². The molecule has 0 aromatic carbocycles. The van der Waals surface area contributed by atoms with Gasteiger partial charge in [-0.25, -0.2) is 9.37 Å². The second-order valence-corrected chi connectivity index (χ2v) is 3.97. The quantitative estimate of drug-likeness (QED) is 0.599. The van der Waals surface area contributed by atoms with Crippen LogP contribution in [0, 0.1) is 11.7 Å². The average molecular weight is 231 g/mol. The molecule has 0 amide bonds. The highest BCUT2D eigenvalue weighted by molar-refractivity contribution is 6.18. The summed E-state index contributed by atoms with van der Waals surface area (Å²) < 4.78 is 13.1. The number of aromatic nitrogens is 1. The van der Waals surface area contributed by atoms with Gasteiger partial charge in [0, 0.05) is 18.6 Å². The molecule has 1 heterocycles. The number of nitrogens with one attached hydrogen (secondary N) is 1. The maximum Gasteiger partial charge on any atom is 0.165 e. The summed E-state index contributed by atoms with van der Waals surface area (Å²) in [7, 11) is 0. The van der Waals surface area contributed by atoms with E-state index in [-0.39, 0.29) is 5.82 Å². The predicted octanol–water partition coefficient (Wildman–Crippen LogP) is 3.29. The van der Waals surface area contributed by atoms with Gasteiger partial charge in [-0.05, 0) is 30.9 Å². The third kappa shape index (κ3) is 4.47. The second kappa shape index (κ2) is 6.62. The number of hydrogen-bond acceptors (Lipinski definition) is 2. The van der Waals surface area contributed by atoms with Gasteiger partial charge in [-0.3, -0.25) is 0 Å². The number of halogens is 2. The molecule has 1 atom stereocenters. The van der Waals surface area contributed by atoms with Gasteiger partial charge in [0.15, 0.2) is 11.6 Å². The van der Waals surface area contributed by atoms with Gasteiger partial charge >= 0.3 is 0 Å². The summed E-state index contributed by atoms with van der Waals surface area (Å²) in [6, 6.07) is 2.98. The number of alkyl halides is 1. The Bertz CT molecular complexity index is 294. The first-order valence-corrected chi connectivity index (χ1v) is 5.68. The van der Waals surface area contributed by atoms with E-state index in [2.05, 4.69) is 17.2 Å². The molecule has 1 aromatic heterocycles. The Labute approximate surface area is 94.9 Å². The highest BCUT2D eigenvalue weighted by Gasteiger charge is 2.02. The van der Waals surface area contributed by atoms with Crippen LogP contribution >= 0.6 is 11.6 Å². The summed E-state index contributed by atoms with van der Waals surface area (Å²) in [5, 5.41) is 2.96. The number of nitrogens with zero attached hydrogens (tertiary/aromatic N) is 1. The molecule has 15 heavy (non-hydrogen) atoms. The molecule has 0 saturated carbocycles. The van der Waals surface area contributed by atoms with Crippen molar-refractivity contribution in [2.45, 2.75) is 19.8 Å². The van der Waals surface area contributed by atoms with Crippen molar-refractivity contribution in [2.75, 3.05) is 17.7 Å². The molecule has 0 aliphatic rings. The average Bonchev–Trinajstić information content (AvgIpc) is 2.26. The summed E-state index contributed by atoms with van der Waals surface area (Å²) in [5.74, 6) is 1.22. The molecule has 0 saturated heterocycles. The second-order valence-electron chi connectivity index (χ2n) is 3.66. The highest BCUT2D eigenvalue weighted by Crippen LogP contribution is 2.10. The lowest BCUT2D eigenvalue weighted by Crippen LogP contribution is -2.07. The SMILES string of the molecule is CC(CCl)CCCNc1ncccc1F. The summed E-state index contributed by atoms with van der Waals surface area (Å²) in [5.41, 5.74) is 0. The fourth-order valence-electron chi connectivity index (χ4n) is 1.25. The Morgan fingerprint density at radius 1 is 1.60 bits per heavy atom. The number of anilines is 1. The van der Waals surface area contributed by atoms with Gasteiger partial charge in [-0.1, -0.05) is 6.92 Å². The van der Waals surface area contributed by atoms with Crippen molar-refractivity contribution in [3.63, 3.8) is 0 Å². The molecule has 0 bridgehead atoms. The summed E-state index contributed by atoms with van der Waals surface area (Å²) in [6.07, 6.45) is 3.60. The Morgan fingerprint density at radius 3 is 3.07 bits per heavy atom. The van der Waals surface area contributed by atoms with E-state index in [0.717, 1.165) is 19.4 Å². The number of pyridine rings is 1. The maximum atomic E-state index is 13.1. The summed E-state index contributed by atoms with van der Waals surface area (Å²) in [4.78, 5) is 3.90. The lowest BCUT2D eigenvalue weighted by Gasteiger charge is -2.08. The Balaban J connectivity index is 2.23. The largest absolute Gasteiger partial charge is 0.368 e. The van der Waals surface area contributed by atoms with Crippen LogP contribution in [0.5, 0.6) is 0 Å². The zero-order chi connectivity index (χ0) is 11.1. The predicted molar refractivity (Wildman–Crippen MR) is 61.8 cm³/mol. The van der Waals surface area contributed by atoms with Gasteiger partial charge in [-0.15, -0.1) is 11.6 Å². The van der Waals surface area contributed by atoms with Gasteiger partial charge in [0.25, 0.3) is 0 Å². The Hall–Kier alpha value is -0.830. The lowest BCUT2D eigenvalue weighted by molar-refractivity contribution is 0.570. The van der Waals surface area contributed by atoms with Gasteiger partial charge in [0.1, 0.15) is 0 Å². The van der Waals surface area contributed by atoms with E-state index < -0.39 is 0 Å². The molecule has 1 N–H and O–H groups in total. The van der Waals surface area contributed by atoms with Crippen molar-refractivity contribution in [3.05, 3.63) is 24.1 Å². The van der Waals surface area contributed by atoms with Crippen LogP contribution in [0.4, 0.5) is 10.2 Å². The first-order valence-electron chi connectivity index (χ1n) is 5.14. The molecule has 1 unspecified atom stereocenters. The van der Waals surface area contributed by atoms with Gasteiger partial charge in [0.05, 0.1) is 0 Å². The molecule has 1 aromatic rings.